The van der Waals surface area contributed by atoms with Crippen molar-refractivity contribution in [2.75, 3.05) is 4.72 Å². The highest BCUT2D eigenvalue weighted by atomic mass is 32.2. The van der Waals surface area contributed by atoms with Gasteiger partial charge in [0, 0.05) is 5.69 Å². The highest BCUT2D eigenvalue weighted by Crippen LogP contribution is 2.17. The van der Waals surface area contributed by atoms with Gasteiger partial charge < -0.3 is 0 Å². The molecule has 3 nitrogen and oxygen atoms in total. The van der Waals surface area contributed by atoms with Crippen LogP contribution in [0.5, 0.6) is 0 Å². The van der Waals surface area contributed by atoms with E-state index in [-0.39, 0.29) is 4.90 Å². The van der Waals surface area contributed by atoms with Gasteiger partial charge in [0.15, 0.2) is 0 Å². The molecule has 0 aliphatic rings. The lowest BCUT2D eigenvalue weighted by Crippen LogP contribution is -2.12. The van der Waals surface area contributed by atoms with E-state index in [0.29, 0.717) is 11.6 Å². The van der Waals surface area contributed by atoms with Gasteiger partial charge in [-0.05, 0) is 42.2 Å². The molecular weight excluding hydrogens is 270 g/mol. The summed E-state index contributed by atoms with van der Waals surface area (Å²) >= 11 is 0. The van der Waals surface area contributed by atoms with Crippen LogP contribution in [-0.2, 0) is 16.4 Å². The minimum atomic E-state index is -3.50. The van der Waals surface area contributed by atoms with Gasteiger partial charge >= 0.3 is 0 Å². The Morgan fingerprint density at radius 2 is 1.55 bits per heavy atom. The monoisotopic (exact) mass is 289 g/mol. The number of benzene rings is 2. The Bertz CT molecular complexity index is 647. The average Bonchev–Trinajstić information content (AvgIpc) is 2.41. The predicted molar refractivity (Wildman–Crippen MR) is 82.2 cm³/mol. The van der Waals surface area contributed by atoms with Crippen LogP contribution >= 0.6 is 0 Å². The van der Waals surface area contributed by atoms with Crippen LogP contribution in [-0.4, -0.2) is 8.42 Å². The number of anilines is 1. The van der Waals surface area contributed by atoms with Crippen LogP contribution in [0.2, 0.25) is 0 Å². The molecule has 2 rings (SSSR count). The van der Waals surface area contributed by atoms with E-state index in [1.807, 2.05) is 12.1 Å². The van der Waals surface area contributed by atoms with E-state index in [9.17, 15) is 8.42 Å². The molecule has 0 fully saturated rings. The molecule has 0 spiro atoms. The third-order valence-corrected chi connectivity index (χ3v) is 4.30. The van der Waals surface area contributed by atoms with Crippen LogP contribution in [0, 0.1) is 5.92 Å². The van der Waals surface area contributed by atoms with E-state index < -0.39 is 10.0 Å². The minimum Gasteiger partial charge on any atom is -0.280 e. The van der Waals surface area contributed by atoms with Crippen molar-refractivity contribution in [3.05, 3.63) is 60.2 Å². The molecule has 0 saturated carbocycles. The SMILES string of the molecule is CC(C)Cc1ccc(NS(=O)(=O)c2ccccc2)cc1. The number of sulfonamides is 1. The molecule has 0 amide bonds. The van der Waals surface area contributed by atoms with E-state index in [1.54, 1.807) is 42.5 Å². The zero-order valence-corrected chi connectivity index (χ0v) is 12.5. The first-order chi connectivity index (χ1) is 9.47. The van der Waals surface area contributed by atoms with Crippen molar-refractivity contribution < 1.29 is 8.42 Å². The first kappa shape index (κ1) is 14.6. The van der Waals surface area contributed by atoms with Crippen LogP contribution < -0.4 is 4.72 Å². The van der Waals surface area contributed by atoms with Crippen molar-refractivity contribution in [3.63, 3.8) is 0 Å². The Hall–Kier alpha value is -1.81. The van der Waals surface area contributed by atoms with E-state index in [1.165, 1.54) is 5.56 Å². The summed E-state index contributed by atoms with van der Waals surface area (Å²) in [5, 5.41) is 0. The van der Waals surface area contributed by atoms with Crippen molar-refractivity contribution in [3.8, 4) is 0 Å². The van der Waals surface area contributed by atoms with Gasteiger partial charge in [-0.2, -0.15) is 0 Å². The fraction of sp³-hybridized carbons (Fsp3) is 0.250. The van der Waals surface area contributed by atoms with Crippen LogP contribution in [0.3, 0.4) is 0 Å². The lowest BCUT2D eigenvalue weighted by atomic mass is 10.0. The molecule has 20 heavy (non-hydrogen) atoms. The molecule has 0 atom stereocenters. The van der Waals surface area contributed by atoms with Gasteiger partial charge in [-0.25, -0.2) is 8.42 Å². The summed E-state index contributed by atoms with van der Waals surface area (Å²) in [6.45, 7) is 4.32. The van der Waals surface area contributed by atoms with Crippen molar-refractivity contribution in [1.29, 1.82) is 0 Å². The molecule has 106 valence electrons. The predicted octanol–water partition coefficient (Wildman–Crippen LogP) is 3.69. The number of nitrogens with one attached hydrogen (secondary N) is 1. The lowest BCUT2D eigenvalue weighted by molar-refractivity contribution is 0.601. The molecule has 0 bridgehead atoms. The fourth-order valence-corrected chi connectivity index (χ4v) is 3.07. The van der Waals surface area contributed by atoms with Gasteiger partial charge in [0.25, 0.3) is 10.0 Å². The summed E-state index contributed by atoms with van der Waals surface area (Å²) in [5.74, 6) is 0.585. The molecule has 0 aromatic heterocycles. The van der Waals surface area contributed by atoms with Gasteiger partial charge in [0.1, 0.15) is 0 Å². The van der Waals surface area contributed by atoms with Crippen molar-refractivity contribution >= 4 is 15.7 Å². The molecule has 0 unspecified atom stereocenters. The quantitative estimate of drug-likeness (QED) is 0.912. The Labute approximate surface area is 120 Å². The Kier molecular flexibility index (Phi) is 4.45. The van der Waals surface area contributed by atoms with Crippen LogP contribution in [0.15, 0.2) is 59.5 Å². The number of hydrogen-bond acceptors (Lipinski definition) is 2. The average molecular weight is 289 g/mol. The Morgan fingerprint density at radius 1 is 0.950 bits per heavy atom. The van der Waals surface area contributed by atoms with Crippen LogP contribution in [0.1, 0.15) is 19.4 Å². The molecule has 0 radical (unpaired) electrons. The maximum Gasteiger partial charge on any atom is 0.261 e. The van der Waals surface area contributed by atoms with Crippen molar-refractivity contribution in [2.45, 2.75) is 25.2 Å². The first-order valence-corrected chi connectivity index (χ1v) is 8.12. The second-order valence-corrected chi connectivity index (χ2v) is 6.90. The highest BCUT2D eigenvalue weighted by Gasteiger charge is 2.13. The molecule has 0 saturated heterocycles. The molecule has 0 heterocycles. The Morgan fingerprint density at radius 3 is 2.10 bits per heavy atom. The summed E-state index contributed by atoms with van der Waals surface area (Å²) in [6.07, 6.45) is 0.992. The molecule has 1 N–H and O–H groups in total. The zero-order chi connectivity index (χ0) is 14.6. The third kappa shape index (κ3) is 3.84. The maximum atomic E-state index is 12.2. The Balaban J connectivity index is 2.14. The molecule has 4 heteroatoms. The van der Waals surface area contributed by atoms with Crippen molar-refractivity contribution in [1.82, 2.24) is 0 Å². The summed E-state index contributed by atoms with van der Waals surface area (Å²) in [6, 6.07) is 15.9. The number of hydrogen-bond donors (Lipinski definition) is 1. The maximum absolute atomic E-state index is 12.2. The second kappa shape index (κ2) is 6.09. The zero-order valence-electron chi connectivity index (χ0n) is 11.7. The second-order valence-electron chi connectivity index (χ2n) is 5.21. The van der Waals surface area contributed by atoms with E-state index in [2.05, 4.69) is 18.6 Å². The summed E-state index contributed by atoms with van der Waals surface area (Å²) in [7, 11) is -3.50. The standard InChI is InChI=1S/C16H19NO2S/c1-13(2)12-14-8-10-15(11-9-14)17-20(18,19)16-6-4-3-5-7-16/h3-11,13,17H,12H2,1-2H3. The molecule has 2 aromatic rings. The smallest absolute Gasteiger partial charge is 0.261 e. The van der Waals surface area contributed by atoms with Gasteiger partial charge in [0.05, 0.1) is 4.90 Å². The summed E-state index contributed by atoms with van der Waals surface area (Å²) < 4.78 is 26.9. The minimum absolute atomic E-state index is 0.270. The van der Waals surface area contributed by atoms with Crippen LogP contribution in [0.4, 0.5) is 5.69 Å². The van der Waals surface area contributed by atoms with E-state index in [4.69, 9.17) is 0 Å². The largest absolute Gasteiger partial charge is 0.280 e. The van der Waals surface area contributed by atoms with Gasteiger partial charge in [-0.15, -0.1) is 0 Å². The van der Waals surface area contributed by atoms with Gasteiger partial charge in [-0.3, -0.25) is 4.72 Å². The highest BCUT2D eigenvalue weighted by molar-refractivity contribution is 7.92. The van der Waals surface area contributed by atoms with Crippen LogP contribution in [0.25, 0.3) is 0 Å². The van der Waals surface area contributed by atoms with Crippen molar-refractivity contribution in [2.24, 2.45) is 5.92 Å². The summed E-state index contributed by atoms with van der Waals surface area (Å²) in [4.78, 5) is 0.270. The van der Waals surface area contributed by atoms with Gasteiger partial charge in [0.2, 0.25) is 0 Å². The molecule has 0 aliphatic heterocycles. The topological polar surface area (TPSA) is 46.2 Å². The third-order valence-electron chi connectivity index (χ3n) is 2.90. The number of rotatable bonds is 5. The molecular formula is C16H19NO2S. The van der Waals surface area contributed by atoms with E-state index >= 15 is 0 Å². The normalized spacial score (nSPS) is 11.6. The molecule has 0 aliphatic carbocycles. The molecule has 2 aromatic carbocycles. The fourth-order valence-electron chi connectivity index (χ4n) is 1.99. The first-order valence-electron chi connectivity index (χ1n) is 6.64. The van der Waals surface area contributed by atoms with E-state index in [0.717, 1.165) is 6.42 Å². The summed E-state index contributed by atoms with van der Waals surface area (Å²) in [5.41, 5.74) is 1.80. The lowest BCUT2D eigenvalue weighted by Gasteiger charge is -2.09. The van der Waals surface area contributed by atoms with Gasteiger partial charge in [-0.1, -0.05) is 44.2 Å².